The normalized spacial score (nSPS) is 10.6. The van der Waals surface area contributed by atoms with E-state index < -0.39 is 11.8 Å². The van der Waals surface area contributed by atoms with Crippen molar-refractivity contribution in [2.75, 3.05) is 12.8 Å². The molecule has 2 aromatic rings. The summed E-state index contributed by atoms with van der Waals surface area (Å²) < 4.78 is 19.0. The number of anilines is 1. The number of rotatable bonds is 2. The largest absolute Gasteiger partial charge is 0.468 e. The van der Waals surface area contributed by atoms with Gasteiger partial charge >= 0.3 is 5.97 Å². The Bertz CT molecular complexity index is 550. The summed E-state index contributed by atoms with van der Waals surface area (Å²) in [5.41, 5.74) is 6.65. The molecule has 1 aromatic heterocycles. The van der Waals surface area contributed by atoms with E-state index in [2.05, 4.69) is 9.72 Å². The average molecular weight is 223 g/mol. The first-order chi connectivity index (χ1) is 7.61. The van der Waals surface area contributed by atoms with Crippen molar-refractivity contribution in [1.82, 2.24) is 9.55 Å². The van der Waals surface area contributed by atoms with E-state index in [9.17, 15) is 9.18 Å². The molecular formula is C10H10FN3O2. The van der Waals surface area contributed by atoms with Crippen LogP contribution < -0.4 is 5.73 Å². The van der Waals surface area contributed by atoms with Gasteiger partial charge in [0.25, 0.3) is 0 Å². The number of halogens is 1. The van der Waals surface area contributed by atoms with E-state index in [1.807, 2.05) is 0 Å². The molecule has 1 heterocycles. The molecule has 2 rings (SSSR count). The van der Waals surface area contributed by atoms with Gasteiger partial charge in [-0.2, -0.15) is 0 Å². The molecule has 2 N–H and O–H groups in total. The molecule has 0 amide bonds. The number of hydrogen-bond acceptors (Lipinski definition) is 4. The third kappa shape index (κ3) is 1.69. The topological polar surface area (TPSA) is 70.1 Å². The standard InChI is InChI=1S/C10H10FN3O2/c1-16-9(15)5-14-8-4-6(11)2-3-7(8)13-10(14)12/h2-4H,5H2,1H3,(H2,12,13). The number of nitrogens with zero attached hydrogens (tertiary/aromatic N) is 2. The Hall–Kier alpha value is -2.11. The van der Waals surface area contributed by atoms with E-state index in [0.29, 0.717) is 11.0 Å². The van der Waals surface area contributed by atoms with Crippen LogP contribution in [-0.2, 0) is 16.1 Å². The molecule has 0 aliphatic rings. The molecule has 0 spiro atoms. The zero-order chi connectivity index (χ0) is 11.7. The highest BCUT2D eigenvalue weighted by molar-refractivity contribution is 5.81. The lowest BCUT2D eigenvalue weighted by molar-refractivity contribution is -0.141. The molecule has 0 saturated carbocycles. The minimum absolute atomic E-state index is 0.0811. The van der Waals surface area contributed by atoms with Gasteiger partial charge in [0.2, 0.25) is 5.95 Å². The van der Waals surface area contributed by atoms with Crippen LogP contribution in [0, 0.1) is 5.82 Å². The minimum Gasteiger partial charge on any atom is -0.468 e. The molecule has 0 atom stereocenters. The smallest absolute Gasteiger partial charge is 0.325 e. The number of nitrogen functional groups attached to an aromatic ring is 1. The number of carbonyl (C=O) groups excluding carboxylic acids is 1. The summed E-state index contributed by atoms with van der Waals surface area (Å²) in [6.45, 7) is -0.0811. The number of aromatic nitrogens is 2. The zero-order valence-corrected chi connectivity index (χ0v) is 8.61. The van der Waals surface area contributed by atoms with Gasteiger partial charge in [-0.3, -0.25) is 9.36 Å². The van der Waals surface area contributed by atoms with Gasteiger partial charge in [-0.05, 0) is 18.2 Å². The van der Waals surface area contributed by atoms with Crippen LogP contribution in [0.2, 0.25) is 0 Å². The van der Waals surface area contributed by atoms with E-state index in [1.54, 1.807) is 0 Å². The highest BCUT2D eigenvalue weighted by Gasteiger charge is 2.12. The number of esters is 1. The van der Waals surface area contributed by atoms with Gasteiger partial charge < -0.3 is 10.5 Å². The van der Waals surface area contributed by atoms with E-state index in [-0.39, 0.29) is 12.5 Å². The molecule has 0 aliphatic heterocycles. The van der Waals surface area contributed by atoms with Crippen LogP contribution in [0.1, 0.15) is 0 Å². The molecule has 84 valence electrons. The van der Waals surface area contributed by atoms with Crippen molar-refractivity contribution in [1.29, 1.82) is 0 Å². The second-order valence-corrected chi connectivity index (χ2v) is 3.27. The first-order valence-corrected chi connectivity index (χ1v) is 4.60. The second kappa shape index (κ2) is 3.80. The van der Waals surface area contributed by atoms with Gasteiger partial charge in [0.05, 0.1) is 18.1 Å². The lowest BCUT2D eigenvalue weighted by atomic mass is 10.3. The lowest BCUT2D eigenvalue weighted by Crippen LogP contribution is -2.13. The highest BCUT2D eigenvalue weighted by atomic mass is 19.1. The molecular weight excluding hydrogens is 213 g/mol. The van der Waals surface area contributed by atoms with Crippen molar-refractivity contribution < 1.29 is 13.9 Å². The number of fused-ring (bicyclic) bond motifs is 1. The monoisotopic (exact) mass is 223 g/mol. The van der Waals surface area contributed by atoms with Crippen molar-refractivity contribution in [2.24, 2.45) is 0 Å². The Morgan fingerprint density at radius 3 is 3.06 bits per heavy atom. The van der Waals surface area contributed by atoms with E-state index >= 15 is 0 Å². The molecule has 1 aromatic carbocycles. The van der Waals surface area contributed by atoms with Gasteiger partial charge in [-0.25, -0.2) is 9.37 Å². The summed E-state index contributed by atoms with van der Waals surface area (Å²) in [5.74, 6) is -0.709. The number of carbonyl (C=O) groups is 1. The summed E-state index contributed by atoms with van der Waals surface area (Å²) in [4.78, 5) is 15.1. The van der Waals surface area contributed by atoms with Crippen LogP contribution in [0.25, 0.3) is 11.0 Å². The van der Waals surface area contributed by atoms with Crippen LogP contribution >= 0.6 is 0 Å². The second-order valence-electron chi connectivity index (χ2n) is 3.27. The Labute approximate surface area is 90.6 Å². The quantitative estimate of drug-likeness (QED) is 0.769. The Morgan fingerprint density at radius 1 is 1.62 bits per heavy atom. The molecule has 0 bridgehead atoms. The minimum atomic E-state index is -0.463. The maximum atomic E-state index is 13.0. The predicted octanol–water partition coefficient (Wildman–Crippen LogP) is 0.931. The van der Waals surface area contributed by atoms with Crippen LogP contribution in [0.3, 0.4) is 0 Å². The zero-order valence-electron chi connectivity index (χ0n) is 8.61. The average Bonchev–Trinajstić information content (AvgIpc) is 2.55. The molecule has 0 radical (unpaired) electrons. The molecule has 5 nitrogen and oxygen atoms in total. The first-order valence-electron chi connectivity index (χ1n) is 4.60. The van der Waals surface area contributed by atoms with Gasteiger partial charge in [0, 0.05) is 0 Å². The van der Waals surface area contributed by atoms with E-state index in [0.717, 1.165) is 0 Å². The fourth-order valence-corrected chi connectivity index (χ4v) is 1.47. The Balaban J connectivity index is 2.54. The van der Waals surface area contributed by atoms with Crippen molar-refractivity contribution in [3.63, 3.8) is 0 Å². The summed E-state index contributed by atoms with van der Waals surface area (Å²) in [7, 11) is 1.28. The van der Waals surface area contributed by atoms with Crippen LogP contribution in [0.4, 0.5) is 10.3 Å². The van der Waals surface area contributed by atoms with Gasteiger partial charge in [-0.15, -0.1) is 0 Å². The van der Waals surface area contributed by atoms with E-state index in [1.165, 1.54) is 29.9 Å². The number of imidazole rings is 1. The van der Waals surface area contributed by atoms with Crippen LogP contribution in [-0.4, -0.2) is 22.6 Å². The SMILES string of the molecule is COC(=O)Cn1c(N)nc2ccc(F)cc21. The van der Waals surface area contributed by atoms with Crippen molar-refractivity contribution in [3.8, 4) is 0 Å². The number of hydrogen-bond donors (Lipinski definition) is 1. The molecule has 16 heavy (non-hydrogen) atoms. The summed E-state index contributed by atoms with van der Waals surface area (Å²) in [6.07, 6.45) is 0. The van der Waals surface area contributed by atoms with Crippen LogP contribution in [0.15, 0.2) is 18.2 Å². The number of benzene rings is 1. The maximum Gasteiger partial charge on any atom is 0.325 e. The third-order valence-electron chi connectivity index (χ3n) is 2.25. The summed E-state index contributed by atoms with van der Waals surface area (Å²) in [6, 6.07) is 4.08. The molecule has 6 heteroatoms. The first kappa shape index (κ1) is 10.4. The van der Waals surface area contributed by atoms with Crippen LogP contribution in [0.5, 0.6) is 0 Å². The van der Waals surface area contributed by atoms with Crippen molar-refractivity contribution in [3.05, 3.63) is 24.0 Å². The molecule has 0 aliphatic carbocycles. The third-order valence-corrected chi connectivity index (χ3v) is 2.25. The molecule has 0 unspecified atom stereocenters. The number of ether oxygens (including phenoxy) is 1. The molecule has 0 saturated heterocycles. The number of nitrogens with two attached hydrogens (primary N) is 1. The Kier molecular flexibility index (Phi) is 2.47. The highest BCUT2D eigenvalue weighted by Crippen LogP contribution is 2.18. The Morgan fingerprint density at radius 2 is 2.38 bits per heavy atom. The maximum absolute atomic E-state index is 13.0. The van der Waals surface area contributed by atoms with Crippen molar-refractivity contribution in [2.45, 2.75) is 6.54 Å². The summed E-state index contributed by atoms with van der Waals surface area (Å²) >= 11 is 0. The summed E-state index contributed by atoms with van der Waals surface area (Å²) in [5, 5.41) is 0. The fraction of sp³-hybridized carbons (Fsp3) is 0.200. The van der Waals surface area contributed by atoms with Crippen molar-refractivity contribution >= 4 is 23.0 Å². The van der Waals surface area contributed by atoms with Gasteiger partial charge in [0.1, 0.15) is 12.4 Å². The lowest BCUT2D eigenvalue weighted by Gasteiger charge is -2.04. The fourth-order valence-electron chi connectivity index (χ4n) is 1.47. The number of methoxy groups -OCH3 is 1. The van der Waals surface area contributed by atoms with E-state index in [4.69, 9.17) is 5.73 Å². The van der Waals surface area contributed by atoms with Gasteiger partial charge in [0.15, 0.2) is 0 Å². The molecule has 0 fully saturated rings. The van der Waals surface area contributed by atoms with Gasteiger partial charge in [-0.1, -0.05) is 0 Å². The predicted molar refractivity (Wildman–Crippen MR) is 56.1 cm³/mol.